The van der Waals surface area contributed by atoms with Gasteiger partial charge in [-0.3, -0.25) is 9.59 Å². The van der Waals surface area contributed by atoms with Crippen molar-refractivity contribution in [2.75, 3.05) is 26.3 Å². The number of nitrogens with zero attached hydrogens (tertiary/aromatic N) is 1. The number of rotatable bonds is 5. The molecule has 2 heterocycles. The van der Waals surface area contributed by atoms with Gasteiger partial charge in [0.15, 0.2) is 0 Å². The van der Waals surface area contributed by atoms with Gasteiger partial charge in [-0.2, -0.15) is 0 Å². The molecule has 3 rings (SSSR count). The van der Waals surface area contributed by atoms with Crippen molar-refractivity contribution in [2.45, 2.75) is 31.8 Å². The lowest BCUT2D eigenvalue weighted by Gasteiger charge is -2.30. The van der Waals surface area contributed by atoms with Crippen LogP contribution in [0.25, 0.3) is 0 Å². The molecule has 6 heteroatoms. The van der Waals surface area contributed by atoms with Crippen molar-refractivity contribution in [3.63, 3.8) is 0 Å². The number of hydrogen-bond acceptors (Lipinski definition) is 4. The lowest BCUT2D eigenvalue weighted by atomic mass is 9.96. The number of nitrogens with two attached hydrogens (primary N) is 1. The molecule has 0 radical (unpaired) electrons. The third kappa shape index (κ3) is 4.06. The second kappa shape index (κ2) is 7.66. The zero-order valence-electron chi connectivity index (χ0n) is 13.8. The van der Waals surface area contributed by atoms with Gasteiger partial charge in [-0.15, -0.1) is 0 Å². The van der Waals surface area contributed by atoms with Crippen LogP contribution in [0.15, 0.2) is 24.3 Å². The van der Waals surface area contributed by atoms with Crippen molar-refractivity contribution in [2.24, 2.45) is 11.7 Å². The number of primary amides is 1. The number of benzene rings is 1. The summed E-state index contributed by atoms with van der Waals surface area (Å²) in [5.74, 6) is 0.357. The third-order valence-corrected chi connectivity index (χ3v) is 4.75. The highest BCUT2D eigenvalue weighted by Gasteiger charge is 2.26. The van der Waals surface area contributed by atoms with Gasteiger partial charge in [0.05, 0.1) is 6.10 Å². The topological polar surface area (TPSA) is 81.9 Å². The zero-order chi connectivity index (χ0) is 16.9. The second-order valence-corrected chi connectivity index (χ2v) is 6.44. The minimum Gasteiger partial charge on any atom is -0.491 e. The fourth-order valence-electron chi connectivity index (χ4n) is 3.21. The van der Waals surface area contributed by atoms with Crippen molar-refractivity contribution >= 4 is 11.8 Å². The first-order chi connectivity index (χ1) is 11.6. The van der Waals surface area contributed by atoms with Crippen LogP contribution >= 0.6 is 0 Å². The lowest BCUT2D eigenvalue weighted by Crippen LogP contribution is -2.41. The van der Waals surface area contributed by atoms with Crippen LogP contribution in [-0.4, -0.2) is 49.1 Å². The van der Waals surface area contributed by atoms with Gasteiger partial charge in [0.2, 0.25) is 5.91 Å². The summed E-state index contributed by atoms with van der Waals surface area (Å²) < 4.78 is 11.2. The van der Waals surface area contributed by atoms with Gasteiger partial charge < -0.3 is 20.1 Å². The molecular formula is C18H24N2O4. The summed E-state index contributed by atoms with van der Waals surface area (Å²) in [5.41, 5.74) is 5.96. The number of carbonyl (C=O) groups is 2. The first-order valence-corrected chi connectivity index (χ1v) is 8.56. The Morgan fingerprint density at radius 3 is 2.46 bits per heavy atom. The monoisotopic (exact) mass is 332 g/mol. The standard InChI is InChI=1S/C18H24N2O4/c19-17(21)13-7-9-20(10-8-13)18(22)14-3-5-15(6-4-14)24-12-16-2-1-11-23-16/h3-6,13,16H,1-2,7-12H2,(H2,19,21). The van der Waals surface area contributed by atoms with Crippen LogP contribution in [0.4, 0.5) is 0 Å². The van der Waals surface area contributed by atoms with E-state index in [9.17, 15) is 9.59 Å². The molecule has 0 saturated carbocycles. The average Bonchev–Trinajstić information content (AvgIpc) is 3.13. The predicted octanol–water partition coefficient (Wildman–Crippen LogP) is 1.58. The average molecular weight is 332 g/mol. The quantitative estimate of drug-likeness (QED) is 0.887. The van der Waals surface area contributed by atoms with E-state index in [-0.39, 0.29) is 23.8 Å². The van der Waals surface area contributed by atoms with Crippen molar-refractivity contribution in [3.8, 4) is 5.75 Å². The van der Waals surface area contributed by atoms with E-state index in [2.05, 4.69) is 0 Å². The SMILES string of the molecule is NC(=O)C1CCN(C(=O)c2ccc(OCC3CCCO3)cc2)CC1. The number of piperidine rings is 1. The molecule has 0 spiro atoms. The molecule has 1 atom stereocenters. The maximum Gasteiger partial charge on any atom is 0.253 e. The molecular weight excluding hydrogens is 308 g/mol. The van der Waals surface area contributed by atoms with Gasteiger partial charge >= 0.3 is 0 Å². The van der Waals surface area contributed by atoms with E-state index < -0.39 is 0 Å². The van der Waals surface area contributed by atoms with Crippen molar-refractivity contribution < 1.29 is 19.1 Å². The maximum absolute atomic E-state index is 12.5. The molecule has 2 amide bonds. The number of likely N-dealkylation sites (tertiary alicyclic amines) is 1. The van der Waals surface area contributed by atoms with Gasteiger partial charge in [0.1, 0.15) is 12.4 Å². The van der Waals surface area contributed by atoms with E-state index in [1.165, 1.54) is 0 Å². The third-order valence-electron chi connectivity index (χ3n) is 4.75. The molecule has 0 aromatic heterocycles. The van der Waals surface area contributed by atoms with Gasteiger partial charge in [0.25, 0.3) is 5.91 Å². The summed E-state index contributed by atoms with van der Waals surface area (Å²) in [4.78, 5) is 25.5. The largest absolute Gasteiger partial charge is 0.491 e. The maximum atomic E-state index is 12.5. The fraction of sp³-hybridized carbons (Fsp3) is 0.556. The summed E-state index contributed by atoms with van der Waals surface area (Å²) in [6.45, 7) is 2.51. The number of hydrogen-bond donors (Lipinski definition) is 1. The Bertz CT molecular complexity index is 573. The molecule has 2 fully saturated rings. The van der Waals surface area contributed by atoms with Crippen LogP contribution in [0, 0.1) is 5.92 Å². The molecule has 2 aliphatic rings. The molecule has 6 nitrogen and oxygen atoms in total. The van der Waals surface area contributed by atoms with E-state index in [1.54, 1.807) is 17.0 Å². The first kappa shape index (κ1) is 16.8. The minimum absolute atomic E-state index is 0.0106. The van der Waals surface area contributed by atoms with Crippen LogP contribution in [0.3, 0.4) is 0 Å². The smallest absolute Gasteiger partial charge is 0.253 e. The molecule has 0 bridgehead atoms. The molecule has 1 aromatic rings. The molecule has 24 heavy (non-hydrogen) atoms. The van der Waals surface area contributed by atoms with Gasteiger partial charge in [-0.25, -0.2) is 0 Å². The van der Waals surface area contributed by atoms with Crippen LogP contribution in [-0.2, 0) is 9.53 Å². The number of amides is 2. The van der Waals surface area contributed by atoms with Crippen LogP contribution in [0.1, 0.15) is 36.0 Å². The van der Waals surface area contributed by atoms with E-state index in [1.807, 2.05) is 12.1 Å². The highest BCUT2D eigenvalue weighted by atomic mass is 16.5. The summed E-state index contributed by atoms with van der Waals surface area (Å²) in [6.07, 6.45) is 3.59. The summed E-state index contributed by atoms with van der Waals surface area (Å²) in [5, 5.41) is 0. The van der Waals surface area contributed by atoms with Gasteiger partial charge in [-0.05, 0) is 49.9 Å². The second-order valence-electron chi connectivity index (χ2n) is 6.44. The van der Waals surface area contributed by atoms with E-state index in [0.29, 0.717) is 38.1 Å². The Balaban J connectivity index is 1.51. The first-order valence-electron chi connectivity index (χ1n) is 8.56. The Kier molecular flexibility index (Phi) is 5.35. The lowest BCUT2D eigenvalue weighted by molar-refractivity contribution is -0.123. The Morgan fingerprint density at radius 2 is 1.88 bits per heavy atom. The van der Waals surface area contributed by atoms with Crippen molar-refractivity contribution in [1.29, 1.82) is 0 Å². The van der Waals surface area contributed by atoms with Crippen LogP contribution < -0.4 is 10.5 Å². The van der Waals surface area contributed by atoms with Crippen molar-refractivity contribution in [1.82, 2.24) is 4.90 Å². The molecule has 1 unspecified atom stereocenters. The molecule has 2 N–H and O–H groups in total. The summed E-state index contributed by atoms with van der Waals surface area (Å²) >= 11 is 0. The molecule has 2 aliphatic heterocycles. The minimum atomic E-state index is -0.269. The van der Waals surface area contributed by atoms with Gasteiger partial charge in [-0.1, -0.05) is 0 Å². The van der Waals surface area contributed by atoms with Gasteiger partial charge in [0, 0.05) is 31.2 Å². The summed E-state index contributed by atoms with van der Waals surface area (Å²) in [7, 11) is 0. The molecule has 0 aliphatic carbocycles. The Labute approximate surface area is 141 Å². The molecule has 1 aromatic carbocycles. The Hall–Kier alpha value is -2.08. The number of carbonyl (C=O) groups excluding carboxylic acids is 2. The normalized spacial score (nSPS) is 21.7. The van der Waals surface area contributed by atoms with E-state index in [4.69, 9.17) is 15.2 Å². The highest BCUT2D eigenvalue weighted by Crippen LogP contribution is 2.21. The molecule has 2 saturated heterocycles. The Morgan fingerprint density at radius 1 is 1.17 bits per heavy atom. The molecule has 130 valence electrons. The van der Waals surface area contributed by atoms with Crippen LogP contribution in [0.5, 0.6) is 5.75 Å². The fourth-order valence-corrected chi connectivity index (χ4v) is 3.21. The highest BCUT2D eigenvalue weighted by molar-refractivity contribution is 5.94. The van der Waals surface area contributed by atoms with E-state index >= 15 is 0 Å². The number of ether oxygens (including phenoxy) is 2. The summed E-state index contributed by atoms with van der Waals surface area (Å²) in [6, 6.07) is 7.21. The zero-order valence-corrected chi connectivity index (χ0v) is 13.8. The van der Waals surface area contributed by atoms with Crippen molar-refractivity contribution in [3.05, 3.63) is 29.8 Å². The predicted molar refractivity (Wildman–Crippen MR) is 88.7 cm³/mol. The van der Waals surface area contributed by atoms with Crippen LogP contribution in [0.2, 0.25) is 0 Å². The van der Waals surface area contributed by atoms with E-state index in [0.717, 1.165) is 25.2 Å².